The van der Waals surface area contributed by atoms with Crippen LogP contribution in [-0.2, 0) is 6.61 Å². The molecule has 25 heavy (non-hydrogen) atoms. The van der Waals surface area contributed by atoms with Crippen LogP contribution < -0.4 is 10.6 Å². The van der Waals surface area contributed by atoms with E-state index in [-0.39, 0.29) is 6.61 Å². The summed E-state index contributed by atoms with van der Waals surface area (Å²) in [6.45, 7) is 2.67. The van der Waals surface area contributed by atoms with Crippen LogP contribution in [-0.4, -0.2) is 39.7 Å². The van der Waals surface area contributed by atoms with Gasteiger partial charge in [-0.1, -0.05) is 0 Å². The Balaban J connectivity index is 1.72. The first kappa shape index (κ1) is 16.1. The summed E-state index contributed by atoms with van der Waals surface area (Å²) in [5.41, 5.74) is 9.39. The molecule has 1 fully saturated rings. The third-order valence-electron chi connectivity index (χ3n) is 5.05. The van der Waals surface area contributed by atoms with Crippen molar-refractivity contribution < 1.29 is 5.11 Å². The second-order valence-corrected chi connectivity index (χ2v) is 6.64. The zero-order valence-electron chi connectivity index (χ0n) is 14.2. The average molecular weight is 337 g/mol. The smallest absolute Gasteiger partial charge is 0.137 e. The number of rotatable bonds is 4. The minimum atomic E-state index is 0.00237. The Morgan fingerprint density at radius 2 is 2.12 bits per heavy atom. The number of nitrogens with zero attached hydrogens (tertiary/aromatic N) is 3. The Hall–Kier alpha value is -2.44. The summed E-state index contributed by atoms with van der Waals surface area (Å²) in [4.78, 5) is 14.7. The van der Waals surface area contributed by atoms with Crippen LogP contribution in [0.1, 0.15) is 18.4 Å². The average Bonchev–Trinajstić information content (AvgIpc) is 3.12. The lowest BCUT2D eigenvalue weighted by molar-refractivity contribution is 0.281. The molecule has 0 bridgehead atoms. The molecule has 4 rings (SSSR count). The van der Waals surface area contributed by atoms with E-state index in [1.165, 1.54) is 0 Å². The minimum Gasteiger partial charge on any atom is -0.392 e. The quantitative estimate of drug-likeness (QED) is 0.679. The van der Waals surface area contributed by atoms with Crippen LogP contribution in [0.5, 0.6) is 0 Å². The molecule has 4 heterocycles. The van der Waals surface area contributed by atoms with Crippen molar-refractivity contribution in [3.63, 3.8) is 0 Å². The van der Waals surface area contributed by atoms with Gasteiger partial charge in [-0.25, -0.2) is 9.97 Å². The van der Waals surface area contributed by atoms with E-state index in [9.17, 15) is 5.11 Å². The number of aliphatic hydroxyl groups excluding tert-OH is 1. The van der Waals surface area contributed by atoms with Gasteiger partial charge in [-0.05, 0) is 55.1 Å². The highest BCUT2D eigenvalue weighted by molar-refractivity contribution is 5.92. The predicted molar refractivity (Wildman–Crippen MR) is 99.2 cm³/mol. The number of anilines is 1. The molecule has 0 aromatic carbocycles. The van der Waals surface area contributed by atoms with Gasteiger partial charge in [0.1, 0.15) is 11.5 Å². The molecule has 1 aliphatic heterocycles. The third kappa shape index (κ3) is 3.10. The molecule has 130 valence electrons. The van der Waals surface area contributed by atoms with Gasteiger partial charge < -0.3 is 20.7 Å². The second-order valence-electron chi connectivity index (χ2n) is 6.64. The van der Waals surface area contributed by atoms with Gasteiger partial charge in [-0.15, -0.1) is 0 Å². The van der Waals surface area contributed by atoms with E-state index in [2.05, 4.69) is 14.9 Å². The third-order valence-corrected chi connectivity index (χ3v) is 5.05. The van der Waals surface area contributed by atoms with Crippen molar-refractivity contribution in [2.75, 3.05) is 24.5 Å². The van der Waals surface area contributed by atoms with E-state index >= 15 is 0 Å². The van der Waals surface area contributed by atoms with E-state index in [1.54, 1.807) is 6.20 Å². The monoisotopic (exact) mass is 337 g/mol. The summed E-state index contributed by atoms with van der Waals surface area (Å²) in [5.74, 6) is 1.53. The first-order valence-corrected chi connectivity index (χ1v) is 8.78. The van der Waals surface area contributed by atoms with Gasteiger partial charge in [0, 0.05) is 36.4 Å². The van der Waals surface area contributed by atoms with Gasteiger partial charge in [-0.2, -0.15) is 0 Å². The maximum absolute atomic E-state index is 9.69. The van der Waals surface area contributed by atoms with Gasteiger partial charge in [0.15, 0.2) is 0 Å². The number of nitrogens with two attached hydrogens (primary N) is 1. The normalized spacial score (nSPS) is 15.8. The number of pyridine rings is 2. The molecule has 0 saturated carbocycles. The van der Waals surface area contributed by atoms with Gasteiger partial charge in [0.2, 0.25) is 0 Å². The highest BCUT2D eigenvalue weighted by Crippen LogP contribution is 2.30. The summed E-state index contributed by atoms with van der Waals surface area (Å²) in [5, 5.41) is 10.7. The van der Waals surface area contributed by atoms with E-state index in [0.717, 1.165) is 66.1 Å². The number of H-pyrrole nitrogens is 1. The van der Waals surface area contributed by atoms with Crippen LogP contribution in [0.25, 0.3) is 22.3 Å². The van der Waals surface area contributed by atoms with Crippen LogP contribution >= 0.6 is 0 Å². The molecule has 3 aromatic heterocycles. The molecule has 0 unspecified atom stereocenters. The Morgan fingerprint density at radius 3 is 2.88 bits per heavy atom. The van der Waals surface area contributed by atoms with E-state index in [4.69, 9.17) is 10.7 Å². The van der Waals surface area contributed by atoms with Crippen molar-refractivity contribution in [2.45, 2.75) is 19.4 Å². The molecule has 4 N–H and O–H groups in total. The van der Waals surface area contributed by atoms with Gasteiger partial charge >= 0.3 is 0 Å². The highest BCUT2D eigenvalue weighted by atomic mass is 16.3. The molecule has 6 nitrogen and oxygen atoms in total. The van der Waals surface area contributed by atoms with Crippen molar-refractivity contribution in [1.29, 1.82) is 0 Å². The number of hydrogen-bond acceptors (Lipinski definition) is 5. The summed E-state index contributed by atoms with van der Waals surface area (Å²) >= 11 is 0. The Morgan fingerprint density at radius 1 is 1.28 bits per heavy atom. The largest absolute Gasteiger partial charge is 0.392 e. The van der Waals surface area contributed by atoms with Crippen LogP contribution in [0.4, 0.5) is 5.82 Å². The lowest BCUT2D eigenvalue weighted by Crippen LogP contribution is -2.36. The number of piperidine rings is 1. The molecular formula is C19H23N5O. The molecule has 0 amide bonds. The topological polar surface area (TPSA) is 91.1 Å². The van der Waals surface area contributed by atoms with Crippen molar-refractivity contribution in [3.8, 4) is 11.3 Å². The maximum Gasteiger partial charge on any atom is 0.137 e. The van der Waals surface area contributed by atoms with Crippen LogP contribution in [0.2, 0.25) is 0 Å². The molecule has 0 aliphatic carbocycles. The fourth-order valence-electron chi connectivity index (χ4n) is 3.53. The maximum atomic E-state index is 9.69. The fourth-order valence-corrected chi connectivity index (χ4v) is 3.53. The lowest BCUT2D eigenvalue weighted by Gasteiger charge is -2.32. The summed E-state index contributed by atoms with van der Waals surface area (Å²) in [7, 11) is 0. The second kappa shape index (κ2) is 6.82. The number of aromatic amines is 1. The number of aromatic nitrogens is 3. The minimum absolute atomic E-state index is 0.00237. The Labute approximate surface area is 146 Å². The van der Waals surface area contributed by atoms with Crippen molar-refractivity contribution in [2.24, 2.45) is 11.7 Å². The zero-order chi connectivity index (χ0) is 17.2. The molecule has 0 spiro atoms. The molecule has 0 atom stereocenters. The van der Waals surface area contributed by atoms with E-state index in [0.29, 0.717) is 5.92 Å². The molecule has 6 heteroatoms. The van der Waals surface area contributed by atoms with E-state index in [1.807, 2.05) is 30.5 Å². The zero-order valence-corrected chi connectivity index (χ0v) is 14.2. The first-order valence-electron chi connectivity index (χ1n) is 8.78. The van der Waals surface area contributed by atoms with Crippen LogP contribution in [0, 0.1) is 5.92 Å². The number of aliphatic hydroxyl groups is 1. The number of fused-ring (bicyclic) bond motifs is 1. The first-order chi connectivity index (χ1) is 12.3. The SMILES string of the molecule is NCC1CCN(c2cc(CO)cc(-c3c[nH]c4ncccc34)n2)CC1. The lowest BCUT2D eigenvalue weighted by atomic mass is 9.97. The molecular weight excluding hydrogens is 314 g/mol. The summed E-state index contributed by atoms with van der Waals surface area (Å²) in [6.07, 6.45) is 5.89. The molecule has 0 radical (unpaired) electrons. The van der Waals surface area contributed by atoms with Crippen molar-refractivity contribution in [1.82, 2.24) is 15.0 Å². The van der Waals surface area contributed by atoms with Crippen LogP contribution in [0.15, 0.2) is 36.7 Å². The number of nitrogens with one attached hydrogen (secondary N) is 1. The van der Waals surface area contributed by atoms with Crippen molar-refractivity contribution >= 4 is 16.9 Å². The standard InChI is InChI=1S/C19H23N5O/c20-10-13-3-6-24(7-4-13)18-9-14(12-25)8-17(23-18)16-11-22-19-15(16)2-1-5-21-19/h1-2,5,8-9,11,13,25H,3-4,6-7,10,12,20H2,(H,21,22). The Bertz CT molecular complexity index is 867. The van der Waals surface area contributed by atoms with Crippen LogP contribution in [0.3, 0.4) is 0 Å². The van der Waals surface area contributed by atoms with Crippen molar-refractivity contribution in [3.05, 3.63) is 42.2 Å². The number of hydrogen-bond donors (Lipinski definition) is 3. The predicted octanol–water partition coefficient (Wildman–Crippen LogP) is 2.29. The van der Waals surface area contributed by atoms with E-state index < -0.39 is 0 Å². The highest BCUT2D eigenvalue weighted by Gasteiger charge is 2.20. The van der Waals surface area contributed by atoms with Gasteiger partial charge in [0.25, 0.3) is 0 Å². The molecule has 3 aromatic rings. The summed E-state index contributed by atoms with van der Waals surface area (Å²) < 4.78 is 0. The Kier molecular flexibility index (Phi) is 4.38. The molecule has 1 aliphatic rings. The molecule has 1 saturated heterocycles. The van der Waals surface area contributed by atoms with Gasteiger partial charge in [0.05, 0.1) is 12.3 Å². The fraction of sp³-hybridized carbons (Fsp3) is 0.368. The summed E-state index contributed by atoms with van der Waals surface area (Å²) in [6, 6.07) is 7.90. The van der Waals surface area contributed by atoms with Gasteiger partial charge in [-0.3, -0.25) is 0 Å².